The Morgan fingerprint density at radius 3 is 2.42 bits per heavy atom. The molecule has 1 aliphatic rings. The monoisotopic (exact) mass is 408 g/mol. The number of nitrogens with two attached hydrogens (primary N) is 1. The van der Waals surface area contributed by atoms with Crippen LogP contribution in [0.4, 0.5) is 0 Å². The third-order valence-electron chi connectivity index (χ3n) is 6.35. The Morgan fingerprint density at radius 2 is 1.71 bits per heavy atom. The van der Waals surface area contributed by atoms with E-state index in [9.17, 15) is 4.79 Å². The number of benzene rings is 2. The molecule has 3 aromatic heterocycles. The molecule has 5 aromatic rings. The zero-order chi connectivity index (χ0) is 21.0. The van der Waals surface area contributed by atoms with Crippen molar-refractivity contribution in [3.63, 3.8) is 0 Å². The lowest BCUT2D eigenvalue weighted by Crippen LogP contribution is -2.43. The lowest BCUT2D eigenvalue weighted by Gasteiger charge is -2.38. The molecule has 1 aliphatic carbocycles. The number of fused-ring (bicyclic) bond motifs is 3. The molecule has 6 nitrogen and oxygen atoms in total. The van der Waals surface area contributed by atoms with Crippen LogP contribution in [0.15, 0.2) is 82.3 Å². The van der Waals surface area contributed by atoms with Gasteiger partial charge in [0.05, 0.1) is 10.9 Å². The molecular formula is C25H20N4O2. The van der Waals surface area contributed by atoms with E-state index in [1.165, 1.54) is 0 Å². The van der Waals surface area contributed by atoms with Crippen LogP contribution < -0.4 is 11.2 Å². The highest BCUT2D eigenvalue weighted by Gasteiger charge is 2.34. The van der Waals surface area contributed by atoms with Crippen molar-refractivity contribution >= 4 is 16.7 Å². The fourth-order valence-electron chi connectivity index (χ4n) is 4.41. The van der Waals surface area contributed by atoms with Gasteiger partial charge in [-0.25, -0.2) is 0 Å². The Kier molecular flexibility index (Phi) is 3.85. The molecule has 1 saturated carbocycles. The average Bonchev–Trinajstić information content (AvgIpc) is 3.27. The summed E-state index contributed by atoms with van der Waals surface area (Å²) >= 11 is 0. The molecule has 0 atom stereocenters. The molecule has 152 valence electrons. The Hall–Kier alpha value is -3.77. The van der Waals surface area contributed by atoms with Crippen molar-refractivity contribution in [1.82, 2.24) is 14.6 Å². The summed E-state index contributed by atoms with van der Waals surface area (Å²) in [4.78, 5) is 13.7. The summed E-state index contributed by atoms with van der Waals surface area (Å²) in [5.41, 5.74) is 10.5. The Labute approximate surface area is 178 Å². The third kappa shape index (κ3) is 2.72. The van der Waals surface area contributed by atoms with Crippen molar-refractivity contribution < 1.29 is 4.42 Å². The molecule has 0 amide bonds. The molecule has 0 spiro atoms. The second kappa shape index (κ2) is 6.62. The van der Waals surface area contributed by atoms with Gasteiger partial charge in [0, 0.05) is 11.1 Å². The van der Waals surface area contributed by atoms with Crippen molar-refractivity contribution in [2.75, 3.05) is 0 Å². The third-order valence-corrected chi connectivity index (χ3v) is 6.35. The first-order valence-corrected chi connectivity index (χ1v) is 10.4. The van der Waals surface area contributed by atoms with Crippen molar-refractivity contribution in [2.45, 2.75) is 24.8 Å². The lowest BCUT2D eigenvalue weighted by molar-refractivity contribution is 0.253. The minimum Gasteiger partial charge on any atom is -0.438 e. The molecule has 3 heterocycles. The molecule has 2 N–H and O–H groups in total. The highest BCUT2D eigenvalue weighted by Crippen LogP contribution is 2.40. The zero-order valence-electron chi connectivity index (χ0n) is 16.8. The van der Waals surface area contributed by atoms with Crippen LogP contribution in [0.3, 0.4) is 0 Å². The van der Waals surface area contributed by atoms with Gasteiger partial charge in [-0.15, -0.1) is 10.2 Å². The van der Waals surface area contributed by atoms with Crippen LogP contribution in [0.1, 0.15) is 24.8 Å². The first-order chi connectivity index (χ1) is 15.1. The first kappa shape index (κ1) is 18.0. The van der Waals surface area contributed by atoms with Gasteiger partial charge in [0.2, 0.25) is 11.1 Å². The maximum absolute atomic E-state index is 13.7. The summed E-state index contributed by atoms with van der Waals surface area (Å²) in [5, 5.41) is 8.50. The minimum absolute atomic E-state index is 0.0884. The number of hydrogen-bond acceptors (Lipinski definition) is 5. The van der Waals surface area contributed by atoms with Crippen LogP contribution in [-0.2, 0) is 5.54 Å². The van der Waals surface area contributed by atoms with Crippen LogP contribution >= 0.6 is 0 Å². The van der Waals surface area contributed by atoms with Gasteiger partial charge in [0.15, 0.2) is 5.65 Å². The van der Waals surface area contributed by atoms with Gasteiger partial charge >= 0.3 is 0 Å². The molecule has 6 heteroatoms. The van der Waals surface area contributed by atoms with Crippen molar-refractivity contribution in [3.05, 3.63) is 88.8 Å². The van der Waals surface area contributed by atoms with Crippen molar-refractivity contribution in [3.8, 4) is 22.5 Å². The minimum atomic E-state index is -0.241. The first-order valence-electron chi connectivity index (χ1n) is 10.4. The summed E-state index contributed by atoms with van der Waals surface area (Å²) in [6, 6.07) is 21.2. The SMILES string of the molecule is NC1(c2ccc(-c3c(-c4ccccc4)oc4c(ccc5nncn54)c3=O)cc2)CCC1. The summed E-state index contributed by atoms with van der Waals surface area (Å²) in [6.45, 7) is 0. The van der Waals surface area contributed by atoms with E-state index in [-0.39, 0.29) is 11.0 Å². The van der Waals surface area contributed by atoms with Crippen LogP contribution in [0, 0.1) is 0 Å². The van der Waals surface area contributed by atoms with Gasteiger partial charge in [-0.2, -0.15) is 0 Å². The molecule has 31 heavy (non-hydrogen) atoms. The topological polar surface area (TPSA) is 86.4 Å². The number of pyridine rings is 1. The van der Waals surface area contributed by atoms with Gasteiger partial charge in [0.25, 0.3) is 0 Å². The van der Waals surface area contributed by atoms with Crippen LogP contribution in [0.5, 0.6) is 0 Å². The van der Waals surface area contributed by atoms with Gasteiger partial charge in [-0.1, -0.05) is 54.6 Å². The lowest BCUT2D eigenvalue weighted by atomic mass is 9.72. The van der Waals surface area contributed by atoms with E-state index in [1.807, 2.05) is 54.6 Å². The molecule has 0 aliphatic heterocycles. The largest absolute Gasteiger partial charge is 0.438 e. The molecule has 0 saturated heterocycles. The van der Waals surface area contributed by atoms with E-state index in [2.05, 4.69) is 10.2 Å². The Bertz CT molecular complexity index is 1480. The van der Waals surface area contributed by atoms with Gasteiger partial charge < -0.3 is 10.2 Å². The number of rotatable bonds is 3. The van der Waals surface area contributed by atoms with Crippen molar-refractivity contribution in [1.29, 1.82) is 0 Å². The van der Waals surface area contributed by atoms with E-state index in [0.717, 1.165) is 36.0 Å². The highest BCUT2D eigenvalue weighted by molar-refractivity contribution is 5.88. The predicted molar refractivity (Wildman–Crippen MR) is 120 cm³/mol. The summed E-state index contributed by atoms with van der Waals surface area (Å²) in [7, 11) is 0. The maximum Gasteiger partial charge on any atom is 0.218 e. The van der Waals surface area contributed by atoms with E-state index >= 15 is 0 Å². The molecule has 0 unspecified atom stereocenters. The second-order valence-electron chi connectivity index (χ2n) is 8.20. The second-order valence-corrected chi connectivity index (χ2v) is 8.20. The van der Waals surface area contributed by atoms with Crippen LogP contribution in [-0.4, -0.2) is 14.6 Å². The fraction of sp³-hybridized carbons (Fsp3) is 0.160. The number of nitrogens with zero attached hydrogens (tertiary/aromatic N) is 3. The average molecular weight is 408 g/mol. The van der Waals surface area contributed by atoms with Crippen LogP contribution in [0.2, 0.25) is 0 Å². The summed E-state index contributed by atoms with van der Waals surface area (Å²) < 4.78 is 8.07. The van der Waals surface area contributed by atoms with Gasteiger partial charge in [0.1, 0.15) is 12.1 Å². The normalized spacial score (nSPS) is 15.3. The molecular weight excluding hydrogens is 388 g/mol. The molecule has 2 aromatic carbocycles. The number of hydrogen-bond donors (Lipinski definition) is 1. The van der Waals surface area contributed by atoms with Gasteiger partial charge in [-0.3, -0.25) is 9.20 Å². The number of aromatic nitrogens is 3. The van der Waals surface area contributed by atoms with E-state index in [4.69, 9.17) is 10.2 Å². The van der Waals surface area contributed by atoms with E-state index in [1.54, 1.807) is 22.9 Å². The molecule has 0 bridgehead atoms. The molecule has 0 radical (unpaired) electrons. The Balaban J connectivity index is 1.63. The molecule has 6 rings (SSSR count). The quantitative estimate of drug-likeness (QED) is 0.475. The van der Waals surface area contributed by atoms with Crippen molar-refractivity contribution in [2.24, 2.45) is 5.73 Å². The zero-order valence-corrected chi connectivity index (χ0v) is 16.8. The fourth-order valence-corrected chi connectivity index (χ4v) is 4.41. The predicted octanol–water partition coefficient (Wildman–Crippen LogP) is 4.51. The smallest absolute Gasteiger partial charge is 0.218 e. The highest BCUT2D eigenvalue weighted by atomic mass is 16.3. The standard InChI is InChI=1S/C25H20N4O2/c26-25(13-4-14-25)18-9-7-16(8-10-18)21-22(30)19-11-12-20-28-27-15-29(20)24(19)31-23(21)17-5-2-1-3-6-17/h1-3,5-12,15H,4,13-14,26H2. The summed E-state index contributed by atoms with van der Waals surface area (Å²) in [5.74, 6) is 0.526. The summed E-state index contributed by atoms with van der Waals surface area (Å²) in [6.07, 6.45) is 4.70. The van der Waals surface area contributed by atoms with E-state index in [0.29, 0.717) is 28.1 Å². The molecule has 1 fully saturated rings. The van der Waals surface area contributed by atoms with Crippen LogP contribution in [0.25, 0.3) is 39.2 Å². The van der Waals surface area contributed by atoms with Gasteiger partial charge in [-0.05, 0) is 42.5 Å². The van der Waals surface area contributed by atoms with E-state index < -0.39 is 0 Å². The Morgan fingerprint density at radius 1 is 0.935 bits per heavy atom. The maximum atomic E-state index is 13.7.